The number of nitrogens with one attached hydrogen (secondary N) is 1. The number of amides is 2. The average molecular weight is 394 g/mol. The Bertz CT molecular complexity index is 893. The molecule has 8 nitrogen and oxygen atoms in total. The number of rotatable bonds is 4. The largest absolute Gasteiger partial charge is 0.456 e. The second-order valence-electron chi connectivity index (χ2n) is 7.39. The quantitative estimate of drug-likeness (QED) is 0.767. The summed E-state index contributed by atoms with van der Waals surface area (Å²) in [6.07, 6.45) is 0.394. The van der Waals surface area contributed by atoms with Crippen molar-refractivity contribution >= 4 is 39.0 Å². The van der Waals surface area contributed by atoms with Crippen molar-refractivity contribution in [1.29, 1.82) is 0 Å². The average Bonchev–Trinajstić information content (AvgIpc) is 2.92. The first-order valence-electron chi connectivity index (χ1n) is 8.70. The summed E-state index contributed by atoms with van der Waals surface area (Å²) in [5.74, 6) is -1.68. The minimum atomic E-state index is -3.07. The molecule has 0 unspecified atom stereocenters. The maximum absolute atomic E-state index is 12.7. The van der Waals surface area contributed by atoms with E-state index in [4.69, 9.17) is 4.74 Å². The highest BCUT2D eigenvalue weighted by atomic mass is 32.2. The molecule has 2 aliphatic heterocycles. The van der Waals surface area contributed by atoms with Crippen LogP contribution in [0.25, 0.3) is 0 Å². The molecule has 0 radical (unpaired) electrons. The minimum Gasteiger partial charge on any atom is -0.456 e. The SMILES string of the molecule is CC1(C)C(=O)Nc2ccccc2N1C(=O)COC(=O)C[C@H]1CCS(=O)(=O)C1. The van der Waals surface area contributed by atoms with E-state index in [2.05, 4.69) is 5.32 Å². The molecule has 0 aromatic heterocycles. The van der Waals surface area contributed by atoms with E-state index in [9.17, 15) is 22.8 Å². The van der Waals surface area contributed by atoms with Gasteiger partial charge in [0.1, 0.15) is 5.54 Å². The lowest BCUT2D eigenvalue weighted by Gasteiger charge is -2.41. The van der Waals surface area contributed by atoms with Crippen LogP contribution in [0.2, 0.25) is 0 Å². The Morgan fingerprint density at radius 1 is 1.30 bits per heavy atom. The number of carbonyl (C=O) groups excluding carboxylic acids is 3. The highest BCUT2D eigenvalue weighted by molar-refractivity contribution is 7.91. The van der Waals surface area contributed by atoms with Gasteiger partial charge in [-0.3, -0.25) is 19.3 Å². The van der Waals surface area contributed by atoms with E-state index in [1.165, 1.54) is 4.90 Å². The molecule has 1 atom stereocenters. The Morgan fingerprint density at radius 3 is 2.67 bits per heavy atom. The van der Waals surface area contributed by atoms with Gasteiger partial charge in [0.05, 0.1) is 22.9 Å². The molecule has 0 spiro atoms. The number of nitrogens with zero attached hydrogens (tertiary/aromatic N) is 1. The zero-order valence-corrected chi connectivity index (χ0v) is 16.0. The highest BCUT2D eigenvalue weighted by Crippen LogP contribution is 2.36. The lowest BCUT2D eigenvalue weighted by molar-refractivity contribution is -0.149. The smallest absolute Gasteiger partial charge is 0.306 e. The third-order valence-corrected chi connectivity index (χ3v) is 6.73. The number of sulfone groups is 1. The van der Waals surface area contributed by atoms with Crippen molar-refractivity contribution in [2.45, 2.75) is 32.2 Å². The van der Waals surface area contributed by atoms with Crippen LogP contribution in [0.15, 0.2) is 24.3 Å². The summed E-state index contributed by atoms with van der Waals surface area (Å²) in [5, 5.41) is 2.76. The second kappa shape index (κ2) is 6.95. The summed E-state index contributed by atoms with van der Waals surface area (Å²) in [7, 11) is -3.07. The minimum absolute atomic E-state index is 0.0251. The van der Waals surface area contributed by atoms with Gasteiger partial charge in [0, 0.05) is 6.42 Å². The fraction of sp³-hybridized carbons (Fsp3) is 0.500. The number of hydrogen-bond donors (Lipinski definition) is 1. The van der Waals surface area contributed by atoms with Crippen LogP contribution in [0.4, 0.5) is 11.4 Å². The van der Waals surface area contributed by atoms with E-state index in [-0.39, 0.29) is 29.8 Å². The molecule has 2 heterocycles. The van der Waals surface area contributed by atoms with Crippen molar-refractivity contribution in [3.63, 3.8) is 0 Å². The van der Waals surface area contributed by atoms with Crippen LogP contribution in [0.1, 0.15) is 26.7 Å². The third-order valence-electron chi connectivity index (χ3n) is 4.90. The first kappa shape index (κ1) is 19.3. The summed E-state index contributed by atoms with van der Waals surface area (Å²) in [6.45, 7) is 2.71. The van der Waals surface area contributed by atoms with Crippen molar-refractivity contribution in [3.05, 3.63) is 24.3 Å². The van der Waals surface area contributed by atoms with E-state index in [0.29, 0.717) is 17.8 Å². The number of hydrogen-bond acceptors (Lipinski definition) is 6. The van der Waals surface area contributed by atoms with Gasteiger partial charge in [-0.15, -0.1) is 0 Å². The Hall–Kier alpha value is -2.42. The van der Waals surface area contributed by atoms with Crippen LogP contribution in [-0.2, 0) is 29.0 Å². The molecule has 2 amide bonds. The van der Waals surface area contributed by atoms with Gasteiger partial charge in [0.15, 0.2) is 16.4 Å². The summed E-state index contributed by atoms with van der Waals surface area (Å²) < 4.78 is 28.0. The van der Waals surface area contributed by atoms with Gasteiger partial charge in [-0.2, -0.15) is 0 Å². The molecule has 0 bridgehead atoms. The number of carbonyl (C=O) groups is 3. The van der Waals surface area contributed by atoms with Gasteiger partial charge < -0.3 is 10.1 Å². The van der Waals surface area contributed by atoms with Crippen molar-refractivity contribution in [2.24, 2.45) is 5.92 Å². The number of fused-ring (bicyclic) bond motifs is 1. The number of anilines is 2. The first-order chi connectivity index (χ1) is 12.6. The van der Waals surface area contributed by atoms with Crippen LogP contribution in [-0.4, -0.2) is 49.9 Å². The van der Waals surface area contributed by atoms with Gasteiger partial charge in [-0.1, -0.05) is 12.1 Å². The molecule has 1 saturated heterocycles. The second-order valence-corrected chi connectivity index (χ2v) is 9.62. The summed E-state index contributed by atoms with van der Waals surface area (Å²) in [4.78, 5) is 38.4. The van der Waals surface area contributed by atoms with Crippen molar-refractivity contribution in [2.75, 3.05) is 28.3 Å². The lowest BCUT2D eigenvalue weighted by Crippen LogP contribution is -2.59. The van der Waals surface area contributed by atoms with E-state index in [1.807, 2.05) is 0 Å². The zero-order valence-electron chi connectivity index (χ0n) is 15.2. The van der Waals surface area contributed by atoms with E-state index >= 15 is 0 Å². The summed E-state index contributed by atoms with van der Waals surface area (Å²) in [6, 6.07) is 6.89. The van der Waals surface area contributed by atoms with Crippen molar-refractivity contribution in [1.82, 2.24) is 0 Å². The van der Waals surface area contributed by atoms with Crippen LogP contribution < -0.4 is 10.2 Å². The summed E-state index contributed by atoms with van der Waals surface area (Å²) >= 11 is 0. The molecule has 146 valence electrons. The van der Waals surface area contributed by atoms with Crippen molar-refractivity contribution < 1.29 is 27.5 Å². The first-order valence-corrected chi connectivity index (χ1v) is 10.5. The monoisotopic (exact) mass is 394 g/mol. The Balaban J connectivity index is 1.66. The number of benzene rings is 1. The van der Waals surface area contributed by atoms with Gasteiger partial charge in [0.2, 0.25) is 5.91 Å². The fourth-order valence-electron chi connectivity index (χ4n) is 3.43. The highest BCUT2D eigenvalue weighted by Gasteiger charge is 2.43. The Labute approximate surface area is 157 Å². The molecule has 3 rings (SSSR count). The predicted octanol–water partition coefficient (Wildman–Crippen LogP) is 1.12. The van der Waals surface area contributed by atoms with Gasteiger partial charge in [0.25, 0.3) is 5.91 Å². The lowest BCUT2D eigenvalue weighted by atomic mass is 9.96. The molecule has 1 aromatic carbocycles. The van der Waals surface area contributed by atoms with E-state index in [1.54, 1.807) is 38.1 Å². The number of esters is 1. The standard InChI is InChI=1S/C18H22N2O6S/c1-18(2)17(23)19-13-5-3-4-6-14(13)20(18)15(21)10-26-16(22)9-12-7-8-27(24,25)11-12/h3-6,12H,7-11H2,1-2H3,(H,19,23)/t12-/m1/s1. The topological polar surface area (TPSA) is 110 Å². The van der Waals surface area contributed by atoms with Gasteiger partial charge in [-0.25, -0.2) is 8.42 Å². The van der Waals surface area contributed by atoms with Crippen LogP contribution >= 0.6 is 0 Å². The molecule has 1 N–H and O–H groups in total. The molecule has 1 fully saturated rings. The van der Waals surface area contributed by atoms with Gasteiger partial charge in [-0.05, 0) is 38.3 Å². The molecule has 9 heteroatoms. The van der Waals surface area contributed by atoms with Crippen LogP contribution in [0.5, 0.6) is 0 Å². The molecule has 27 heavy (non-hydrogen) atoms. The van der Waals surface area contributed by atoms with Crippen LogP contribution in [0.3, 0.4) is 0 Å². The van der Waals surface area contributed by atoms with E-state index < -0.39 is 33.9 Å². The number of para-hydroxylation sites is 2. The zero-order chi connectivity index (χ0) is 19.8. The van der Waals surface area contributed by atoms with Gasteiger partial charge >= 0.3 is 5.97 Å². The third kappa shape index (κ3) is 3.97. The summed E-state index contributed by atoms with van der Waals surface area (Å²) in [5.41, 5.74) is -0.0973. The number of ether oxygens (including phenoxy) is 1. The normalized spacial score (nSPS) is 22.7. The van der Waals surface area contributed by atoms with Crippen molar-refractivity contribution in [3.8, 4) is 0 Å². The molecule has 2 aliphatic rings. The molecule has 1 aromatic rings. The van der Waals surface area contributed by atoms with E-state index in [0.717, 1.165) is 0 Å². The van der Waals surface area contributed by atoms with Crippen LogP contribution in [0, 0.1) is 5.92 Å². The Kier molecular flexibility index (Phi) is 4.98. The maximum atomic E-state index is 12.7. The fourth-order valence-corrected chi connectivity index (χ4v) is 5.29. The Morgan fingerprint density at radius 2 is 2.00 bits per heavy atom. The molecule has 0 saturated carbocycles. The maximum Gasteiger partial charge on any atom is 0.306 e. The molecular weight excluding hydrogens is 372 g/mol. The predicted molar refractivity (Wildman–Crippen MR) is 99.0 cm³/mol. The molecule has 0 aliphatic carbocycles. The molecular formula is C18H22N2O6S.